The minimum atomic E-state index is -1.15. The lowest BCUT2D eigenvalue weighted by Gasteiger charge is -2.13. The van der Waals surface area contributed by atoms with E-state index in [4.69, 9.17) is 5.11 Å². The largest absolute Gasteiger partial charge is 0.481 e. The molecule has 0 spiro atoms. The third-order valence-electron chi connectivity index (χ3n) is 3.17. The number of carbonyl (C=O) groups excluding carboxylic acids is 2. The highest BCUT2D eigenvalue weighted by Crippen LogP contribution is 2.26. The second-order valence-corrected chi connectivity index (χ2v) is 4.68. The lowest BCUT2D eigenvalue weighted by Crippen LogP contribution is -2.28. The molecule has 6 nitrogen and oxygen atoms in total. The van der Waals surface area contributed by atoms with E-state index >= 15 is 0 Å². The van der Waals surface area contributed by atoms with Crippen molar-refractivity contribution in [2.75, 3.05) is 0 Å². The van der Waals surface area contributed by atoms with Gasteiger partial charge in [0, 0.05) is 25.7 Å². The molecule has 0 amide bonds. The van der Waals surface area contributed by atoms with E-state index in [1.807, 2.05) is 0 Å². The number of hydrogen-bond acceptors (Lipinski definition) is 5. The maximum absolute atomic E-state index is 11.5. The van der Waals surface area contributed by atoms with Crippen LogP contribution in [0.15, 0.2) is 0 Å². The summed E-state index contributed by atoms with van der Waals surface area (Å²) in [5.74, 6) is -2.15. The SMILES string of the molecule is O=C(O)CCCCC(=O)CC1C(=O)CC(O)C1O. The molecule has 1 aliphatic rings. The minimum Gasteiger partial charge on any atom is -0.481 e. The summed E-state index contributed by atoms with van der Waals surface area (Å²) in [5.41, 5.74) is 0. The van der Waals surface area contributed by atoms with E-state index in [9.17, 15) is 24.6 Å². The molecule has 0 bridgehead atoms. The Morgan fingerprint density at radius 3 is 2.28 bits per heavy atom. The van der Waals surface area contributed by atoms with Crippen molar-refractivity contribution >= 4 is 17.5 Å². The van der Waals surface area contributed by atoms with Gasteiger partial charge in [0.25, 0.3) is 0 Å². The van der Waals surface area contributed by atoms with Crippen molar-refractivity contribution in [2.24, 2.45) is 5.92 Å². The van der Waals surface area contributed by atoms with Crippen LogP contribution in [0.4, 0.5) is 0 Å². The van der Waals surface area contributed by atoms with Crippen LogP contribution >= 0.6 is 0 Å². The van der Waals surface area contributed by atoms with E-state index in [0.29, 0.717) is 12.8 Å². The van der Waals surface area contributed by atoms with Gasteiger partial charge in [0.05, 0.1) is 18.1 Å². The van der Waals surface area contributed by atoms with E-state index in [1.165, 1.54) is 0 Å². The fourth-order valence-corrected chi connectivity index (χ4v) is 2.12. The Balaban J connectivity index is 2.28. The number of hydrogen-bond donors (Lipinski definition) is 3. The van der Waals surface area contributed by atoms with Gasteiger partial charge in [-0.3, -0.25) is 14.4 Å². The fourth-order valence-electron chi connectivity index (χ4n) is 2.12. The average molecular weight is 258 g/mol. The molecule has 0 aliphatic heterocycles. The second kappa shape index (κ2) is 6.61. The summed E-state index contributed by atoms with van der Waals surface area (Å²) >= 11 is 0. The van der Waals surface area contributed by atoms with E-state index in [1.54, 1.807) is 0 Å². The van der Waals surface area contributed by atoms with Crippen LogP contribution < -0.4 is 0 Å². The summed E-state index contributed by atoms with van der Waals surface area (Å²) in [6.07, 6.45) is -1.27. The number of carbonyl (C=O) groups is 3. The second-order valence-electron chi connectivity index (χ2n) is 4.68. The molecular weight excluding hydrogens is 240 g/mol. The Kier molecular flexibility index (Phi) is 5.43. The van der Waals surface area contributed by atoms with Gasteiger partial charge in [0.1, 0.15) is 11.6 Å². The Hall–Kier alpha value is -1.27. The molecule has 0 aromatic rings. The summed E-state index contributed by atoms with van der Waals surface area (Å²) in [7, 11) is 0. The molecule has 3 atom stereocenters. The Bertz CT molecular complexity index is 337. The van der Waals surface area contributed by atoms with Crippen LogP contribution in [0.25, 0.3) is 0 Å². The number of Topliss-reactive ketones (excluding diaryl/α,β-unsaturated/α-hetero) is 2. The third-order valence-corrected chi connectivity index (χ3v) is 3.17. The minimum absolute atomic E-state index is 0.0248. The monoisotopic (exact) mass is 258 g/mol. The molecule has 6 heteroatoms. The molecule has 1 fully saturated rings. The molecule has 0 saturated heterocycles. The summed E-state index contributed by atoms with van der Waals surface area (Å²) in [5, 5.41) is 27.2. The first-order chi connectivity index (χ1) is 8.41. The molecule has 3 unspecified atom stereocenters. The highest BCUT2D eigenvalue weighted by molar-refractivity contribution is 5.90. The van der Waals surface area contributed by atoms with E-state index in [-0.39, 0.29) is 37.2 Å². The van der Waals surface area contributed by atoms with Crippen molar-refractivity contribution in [3.05, 3.63) is 0 Å². The van der Waals surface area contributed by atoms with Gasteiger partial charge in [-0.2, -0.15) is 0 Å². The molecule has 0 aromatic carbocycles. The molecule has 1 aliphatic carbocycles. The van der Waals surface area contributed by atoms with Gasteiger partial charge in [0.15, 0.2) is 0 Å². The van der Waals surface area contributed by atoms with Gasteiger partial charge < -0.3 is 15.3 Å². The van der Waals surface area contributed by atoms with Crippen molar-refractivity contribution in [2.45, 2.75) is 50.7 Å². The van der Waals surface area contributed by atoms with Crippen molar-refractivity contribution < 1.29 is 29.7 Å². The first-order valence-electron chi connectivity index (χ1n) is 6.04. The first-order valence-corrected chi connectivity index (χ1v) is 6.04. The predicted octanol–water partition coefficient (Wildman–Crippen LogP) is -0.0986. The number of aliphatic carboxylic acids is 1. The van der Waals surface area contributed by atoms with Crippen molar-refractivity contribution in [1.29, 1.82) is 0 Å². The number of ketones is 2. The zero-order valence-electron chi connectivity index (χ0n) is 10.0. The van der Waals surface area contributed by atoms with Crippen LogP contribution in [-0.2, 0) is 14.4 Å². The molecule has 3 N–H and O–H groups in total. The summed E-state index contributed by atoms with van der Waals surface area (Å²) in [4.78, 5) is 33.2. The zero-order valence-corrected chi connectivity index (χ0v) is 10.0. The lowest BCUT2D eigenvalue weighted by atomic mass is 9.95. The van der Waals surface area contributed by atoms with Crippen LogP contribution in [-0.4, -0.2) is 45.1 Å². The van der Waals surface area contributed by atoms with Gasteiger partial charge in [-0.1, -0.05) is 0 Å². The van der Waals surface area contributed by atoms with Crippen LogP contribution in [0.2, 0.25) is 0 Å². The predicted molar refractivity (Wildman–Crippen MR) is 60.9 cm³/mol. The van der Waals surface area contributed by atoms with Gasteiger partial charge in [-0.15, -0.1) is 0 Å². The van der Waals surface area contributed by atoms with Crippen LogP contribution in [0.3, 0.4) is 0 Å². The van der Waals surface area contributed by atoms with Crippen LogP contribution in [0.1, 0.15) is 38.5 Å². The van der Waals surface area contributed by atoms with Crippen molar-refractivity contribution in [3.63, 3.8) is 0 Å². The number of carboxylic acid groups (broad SMARTS) is 1. The number of aliphatic hydroxyl groups excluding tert-OH is 2. The lowest BCUT2D eigenvalue weighted by molar-refractivity contribution is -0.137. The first kappa shape index (κ1) is 14.8. The topological polar surface area (TPSA) is 112 Å². The fraction of sp³-hybridized carbons (Fsp3) is 0.750. The average Bonchev–Trinajstić information content (AvgIpc) is 2.51. The highest BCUT2D eigenvalue weighted by Gasteiger charge is 2.41. The summed E-state index contributed by atoms with van der Waals surface area (Å²) < 4.78 is 0. The quantitative estimate of drug-likeness (QED) is 0.550. The van der Waals surface area contributed by atoms with Gasteiger partial charge >= 0.3 is 5.97 Å². The third kappa shape index (κ3) is 4.19. The van der Waals surface area contributed by atoms with E-state index < -0.39 is 24.1 Å². The highest BCUT2D eigenvalue weighted by atomic mass is 16.4. The zero-order chi connectivity index (χ0) is 13.7. The number of carboxylic acids is 1. The maximum atomic E-state index is 11.5. The summed E-state index contributed by atoms with van der Waals surface area (Å²) in [6, 6.07) is 0. The molecule has 0 radical (unpaired) electrons. The normalized spacial score (nSPS) is 27.4. The van der Waals surface area contributed by atoms with Crippen LogP contribution in [0.5, 0.6) is 0 Å². The molecule has 1 saturated carbocycles. The number of unbranched alkanes of at least 4 members (excludes halogenated alkanes) is 1. The van der Waals surface area contributed by atoms with Gasteiger partial charge in [-0.05, 0) is 12.8 Å². The van der Waals surface area contributed by atoms with E-state index in [2.05, 4.69) is 0 Å². The molecular formula is C12H18O6. The molecule has 18 heavy (non-hydrogen) atoms. The van der Waals surface area contributed by atoms with Crippen molar-refractivity contribution in [1.82, 2.24) is 0 Å². The Morgan fingerprint density at radius 2 is 1.78 bits per heavy atom. The molecule has 0 aromatic heterocycles. The Labute approximate surface area is 105 Å². The number of rotatable bonds is 7. The van der Waals surface area contributed by atoms with Gasteiger partial charge in [0.2, 0.25) is 0 Å². The number of aliphatic hydroxyl groups is 2. The molecule has 0 heterocycles. The van der Waals surface area contributed by atoms with Crippen molar-refractivity contribution in [3.8, 4) is 0 Å². The maximum Gasteiger partial charge on any atom is 0.303 e. The van der Waals surface area contributed by atoms with Gasteiger partial charge in [-0.25, -0.2) is 0 Å². The molecule has 1 rings (SSSR count). The smallest absolute Gasteiger partial charge is 0.303 e. The van der Waals surface area contributed by atoms with E-state index in [0.717, 1.165) is 0 Å². The van der Waals surface area contributed by atoms with Crippen LogP contribution in [0, 0.1) is 5.92 Å². The molecule has 102 valence electrons. The summed E-state index contributed by atoms with van der Waals surface area (Å²) in [6.45, 7) is 0. The Morgan fingerprint density at radius 1 is 1.17 bits per heavy atom. The standard InChI is InChI=1S/C12H18O6/c13-7(3-1-2-4-11(16)17)5-8-9(14)6-10(15)12(8)18/h8,10,12,15,18H,1-6H2,(H,16,17).